The van der Waals surface area contributed by atoms with Gasteiger partial charge in [-0.2, -0.15) is 0 Å². The van der Waals surface area contributed by atoms with Crippen molar-refractivity contribution in [3.63, 3.8) is 0 Å². The summed E-state index contributed by atoms with van der Waals surface area (Å²) in [4.78, 5) is 0. The molecule has 0 radical (unpaired) electrons. The minimum absolute atomic E-state index is 0. The van der Waals surface area contributed by atoms with E-state index in [2.05, 4.69) is 131 Å². The Morgan fingerprint density at radius 3 is 1.56 bits per heavy atom. The zero-order chi connectivity index (χ0) is 21.8. The molecule has 0 N–H and O–H groups in total. The number of hydrogen-bond donors (Lipinski definition) is 0. The Bertz CT molecular complexity index is 975. The second-order valence-corrected chi connectivity index (χ2v) is 16.1. The van der Waals surface area contributed by atoms with Gasteiger partial charge >= 0.3 is 192 Å². The van der Waals surface area contributed by atoms with Crippen molar-refractivity contribution >= 4 is 18.4 Å². The SMILES string of the molecule is CC1=C(C)C(C)([Si](c2ccccc2)(c2cc(C)cc(C)c2)C(C)(C)C)[C]([Ti+3])=C1C.[Cl-].[Cl-].[Cl-]. The van der Waals surface area contributed by atoms with Gasteiger partial charge < -0.3 is 37.2 Å². The summed E-state index contributed by atoms with van der Waals surface area (Å²) in [6.45, 7) is 21.6. The van der Waals surface area contributed by atoms with E-state index in [4.69, 9.17) is 0 Å². The Balaban J connectivity index is 0.00000320. The molecule has 2 unspecified atom stereocenters. The number of hydrogen-bond acceptors (Lipinski definition) is 0. The fourth-order valence-electron chi connectivity index (χ4n) is 6.11. The summed E-state index contributed by atoms with van der Waals surface area (Å²) in [7, 11) is -2.33. The van der Waals surface area contributed by atoms with E-state index < -0.39 is 8.07 Å². The first-order chi connectivity index (χ1) is 13.4. The molecule has 32 heavy (non-hydrogen) atoms. The van der Waals surface area contributed by atoms with E-state index in [1.165, 1.54) is 22.3 Å². The fraction of sp³-hybridized carbons (Fsp3) is 0.407. The Morgan fingerprint density at radius 1 is 0.719 bits per heavy atom. The molecule has 2 aromatic carbocycles. The largest absolute Gasteiger partial charge is 1.00 e. The summed E-state index contributed by atoms with van der Waals surface area (Å²) >= 11 is 2.40. The van der Waals surface area contributed by atoms with Crippen LogP contribution in [0.2, 0.25) is 10.1 Å². The molecule has 0 amide bonds. The third-order valence-electron chi connectivity index (χ3n) is 7.49. The molecule has 1 aliphatic rings. The van der Waals surface area contributed by atoms with Gasteiger partial charge in [0.2, 0.25) is 0 Å². The van der Waals surface area contributed by atoms with Crippen LogP contribution in [-0.2, 0) is 20.4 Å². The molecule has 0 saturated heterocycles. The van der Waals surface area contributed by atoms with Gasteiger partial charge in [0.1, 0.15) is 0 Å². The molecule has 0 fully saturated rings. The second kappa shape index (κ2) is 11.0. The second-order valence-electron chi connectivity index (χ2n) is 10.1. The zero-order valence-electron chi connectivity index (χ0n) is 20.8. The fourth-order valence-corrected chi connectivity index (χ4v) is 15.2. The normalized spacial score (nSPS) is 20.2. The van der Waals surface area contributed by atoms with Gasteiger partial charge in [-0.05, 0) is 0 Å². The van der Waals surface area contributed by atoms with Gasteiger partial charge in [-0.25, -0.2) is 0 Å². The molecular weight excluding hydrogens is 507 g/mol. The topological polar surface area (TPSA) is 0 Å². The average molecular weight is 542 g/mol. The first-order valence-corrected chi connectivity index (χ1v) is 13.4. The molecule has 3 rings (SSSR count). The van der Waals surface area contributed by atoms with Crippen LogP contribution in [0.15, 0.2) is 69.1 Å². The van der Waals surface area contributed by atoms with Crippen LogP contribution in [0.5, 0.6) is 0 Å². The van der Waals surface area contributed by atoms with Gasteiger partial charge in [0, 0.05) is 0 Å². The van der Waals surface area contributed by atoms with Crippen LogP contribution in [0.3, 0.4) is 0 Å². The van der Waals surface area contributed by atoms with Crippen LogP contribution >= 0.6 is 0 Å². The minimum Gasteiger partial charge on any atom is -1.00 e. The quantitative estimate of drug-likeness (QED) is 0.381. The maximum absolute atomic E-state index is 2.56. The summed E-state index contributed by atoms with van der Waals surface area (Å²) in [6.07, 6.45) is 0. The smallest absolute Gasteiger partial charge is 1.00 e. The third-order valence-corrected chi connectivity index (χ3v) is 16.0. The van der Waals surface area contributed by atoms with E-state index in [-0.39, 0.29) is 47.3 Å². The van der Waals surface area contributed by atoms with Crippen molar-refractivity contribution in [1.82, 2.24) is 0 Å². The van der Waals surface area contributed by atoms with E-state index in [1.54, 1.807) is 19.8 Å². The maximum Gasteiger partial charge on any atom is -1.00 e. The monoisotopic (exact) mass is 540 g/mol. The molecule has 0 aliphatic heterocycles. The molecule has 0 bridgehead atoms. The van der Waals surface area contributed by atoms with Crippen molar-refractivity contribution in [2.24, 2.45) is 0 Å². The molecule has 0 aromatic heterocycles. The van der Waals surface area contributed by atoms with Crippen LogP contribution in [-0.4, -0.2) is 8.07 Å². The standard InChI is InChI=1S/C27H35Si.3ClH.Ti/c1-19-15-20(2)17-25(16-19)28(26(6,7)8,24-13-11-10-12-14-24)27(9)18-21(3)22(4)23(27)5;;;;/h10-17H,1-9H3;3*1H;/q;;;;+3/p-3. The summed E-state index contributed by atoms with van der Waals surface area (Å²) in [6, 6.07) is 18.7. The Kier molecular flexibility index (Phi) is 10.9. The van der Waals surface area contributed by atoms with Gasteiger partial charge in [0.05, 0.1) is 0 Å². The summed E-state index contributed by atoms with van der Waals surface area (Å²) in [5, 5.41) is 3.29. The van der Waals surface area contributed by atoms with Gasteiger partial charge in [-0.1, -0.05) is 0 Å². The van der Waals surface area contributed by atoms with Gasteiger partial charge in [-0.3, -0.25) is 0 Å². The van der Waals surface area contributed by atoms with Crippen molar-refractivity contribution in [3.8, 4) is 0 Å². The van der Waals surface area contributed by atoms with E-state index in [1.807, 2.05) is 0 Å². The molecule has 0 nitrogen and oxygen atoms in total. The number of allylic oxidation sites excluding steroid dienone is 4. The number of aryl methyl sites for hydroxylation is 2. The van der Waals surface area contributed by atoms with Crippen LogP contribution in [0.1, 0.15) is 59.6 Å². The molecule has 172 valence electrons. The number of rotatable bonds is 3. The Hall–Kier alpha value is -0.279. The first kappa shape index (κ1) is 31.7. The Labute approximate surface area is 227 Å². The minimum atomic E-state index is -2.33. The van der Waals surface area contributed by atoms with Crippen LogP contribution in [0.4, 0.5) is 0 Å². The molecule has 5 heteroatoms. The molecule has 2 atom stereocenters. The molecule has 0 spiro atoms. The van der Waals surface area contributed by atoms with Crippen molar-refractivity contribution in [1.29, 1.82) is 0 Å². The van der Waals surface area contributed by atoms with E-state index in [9.17, 15) is 0 Å². The van der Waals surface area contributed by atoms with Crippen molar-refractivity contribution in [3.05, 3.63) is 80.3 Å². The van der Waals surface area contributed by atoms with Crippen molar-refractivity contribution < 1.29 is 57.7 Å². The van der Waals surface area contributed by atoms with Gasteiger partial charge in [0.15, 0.2) is 0 Å². The first-order valence-electron chi connectivity index (χ1n) is 10.6. The number of halogens is 3. The zero-order valence-corrected chi connectivity index (χ0v) is 25.6. The van der Waals surface area contributed by atoms with Crippen LogP contribution in [0.25, 0.3) is 0 Å². The predicted molar refractivity (Wildman–Crippen MR) is 127 cm³/mol. The van der Waals surface area contributed by atoms with Crippen LogP contribution in [0, 0.1) is 13.8 Å². The summed E-state index contributed by atoms with van der Waals surface area (Å²) in [5.74, 6) is 0. The van der Waals surface area contributed by atoms with E-state index >= 15 is 0 Å². The van der Waals surface area contributed by atoms with E-state index in [0.717, 1.165) is 0 Å². The van der Waals surface area contributed by atoms with Crippen LogP contribution < -0.4 is 47.6 Å². The van der Waals surface area contributed by atoms with Gasteiger partial charge in [0.25, 0.3) is 0 Å². The average Bonchev–Trinajstić information content (AvgIpc) is 2.77. The van der Waals surface area contributed by atoms with E-state index in [0.29, 0.717) is 0 Å². The molecule has 0 saturated carbocycles. The molecule has 1 aliphatic carbocycles. The molecular formula is C27H35Cl3SiTi. The predicted octanol–water partition coefficient (Wildman–Crippen LogP) is -2.39. The summed E-state index contributed by atoms with van der Waals surface area (Å²) < 4.78 is 1.57. The third kappa shape index (κ3) is 4.51. The summed E-state index contributed by atoms with van der Waals surface area (Å²) in [5.41, 5.74) is 7.29. The molecule has 0 heterocycles. The van der Waals surface area contributed by atoms with Gasteiger partial charge in [-0.15, -0.1) is 0 Å². The van der Waals surface area contributed by atoms with Crippen molar-refractivity contribution in [2.75, 3.05) is 0 Å². The Morgan fingerprint density at radius 2 is 1.19 bits per heavy atom. The number of benzene rings is 2. The van der Waals surface area contributed by atoms with Crippen molar-refractivity contribution in [2.45, 2.75) is 72.4 Å². The molecule has 2 aromatic rings. The maximum atomic E-state index is 2.56.